The predicted molar refractivity (Wildman–Crippen MR) is 89.3 cm³/mol. The fourth-order valence-electron chi connectivity index (χ4n) is 2.16. The van der Waals surface area contributed by atoms with Crippen molar-refractivity contribution in [3.8, 4) is 11.3 Å². The second-order valence-corrected chi connectivity index (χ2v) is 5.72. The molecular weight excluding hydrogens is 274 g/mol. The normalized spacial score (nSPS) is 12.2. The lowest BCUT2D eigenvalue weighted by Gasteiger charge is -2.20. The van der Waals surface area contributed by atoms with Crippen LogP contribution in [0, 0.1) is 0 Å². The fourth-order valence-corrected chi connectivity index (χ4v) is 2.16. The Hall–Kier alpha value is -2.20. The van der Waals surface area contributed by atoms with Gasteiger partial charge in [-0.25, -0.2) is 0 Å². The molecular formula is C18H23N3O. The van der Waals surface area contributed by atoms with Crippen LogP contribution >= 0.6 is 0 Å². The topological polar surface area (TPSA) is 45.2 Å². The quantitative estimate of drug-likeness (QED) is 0.922. The van der Waals surface area contributed by atoms with Crippen LogP contribution in [0.5, 0.6) is 0 Å². The number of hydrogen-bond acceptors (Lipinski definition) is 3. The summed E-state index contributed by atoms with van der Waals surface area (Å²) in [6.07, 6.45) is 1.81. The SMILES string of the molecule is CC(=O)NCc1ccc(-c2ccc(C(C)N(C)C)cc2)nc1. The minimum Gasteiger partial charge on any atom is -0.352 e. The van der Waals surface area contributed by atoms with E-state index in [4.69, 9.17) is 0 Å². The Bertz CT molecular complexity index is 618. The van der Waals surface area contributed by atoms with Crippen LogP contribution in [0.25, 0.3) is 11.3 Å². The van der Waals surface area contributed by atoms with Gasteiger partial charge in [-0.1, -0.05) is 30.3 Å². The summed E-state index contributed by atoms with van der Waals surface area (Å²) in [5.74, 6) is -0.0327. The highest BCUT2D eigenvalue weighted by Crippen LogP contribution is 2.22. The lowest BCUT2D eigenvalue weighted by Crippen LogP contribution is -2.18. The van der Waals surface area contributed by atoms with Gasteiger partial charge in [-0.2, -0.15) is 0 Å². The van der Waals surface area contributed by atoms with Gasteiger partial charge in [0.05, 0.1) is 5.69 Å². The van der Waals surface area contributed by atoms with Gasteiger partial charge >= 0.3 is 0 Å². The van der Waals surface area contributed by atoms with Gasteiger partial charge in [-0.05, 0) is 38.2 Å². The molecule has 0 aliphatic carbocycles. The molecule has 0 bridgehead atoms. The summed E-state index contributed by atoms with van der Waals surface area (Å²) in [6, 6.07) is 12.9. The Morgan fingerprint density at radius 2 is 1.86 bits per heavy atom. The van der Waals surface area contributed by atoms with Crippen molar-refractivity contribution < 1.29 is 4.79 Å². The van der Waals surface area contributed by atoms with Crippen LogP contribution < -0.4 is 5.32 Å². The number of benzene rings is 1. The molecule has 1 aromatic heterocycles. The standard InChI is InChI=1S/C18H23N3O/c1-13(21(3)4)16-6-8-17(9-7-16)18-10-5-15(12-20-18)11-19-14(2)22/h5-10,12-13H,11H2,1-4H3,(H,19,22). The number of aromatic nitrogens is 1. The van der Waals surface area contributed by atoms with Crippen LogP contribution in [0.2, 0.25) is 0 Å². The average molecular weight is 297 g/mol. The van der Waals surface area contributed by atoms with Crippen molar-refractivity contribution in [3.63, 3.8) is 0 Å². The molecule has 0 fully saturated rings. The maximum absolute atomic E-state index is 10.9. The Labute approximate surface area is 132 Å². The molecule has 1 atom stereocenters. The number of nitrogens with zero attached hydrogens (tertiary/aromatic N) is 2. The highest BCUT2D eigenvalue weighted by atomic mass is 16.1. The summed E-state index contributed by atoms with van der Waals surface area (Å²) >= 11 is 0. The number of nitrogens with one attached hydrogen (secondary N) is 1. The van der Waals surface area contributed by atoms with Gasteiger partial charge in [-0.15, -0.1) is 0 Å². The molecule has 0 saturated heterocycles. The van der Waals surface area contributed by atoms with Gasteiger partial charge in [0.1, 0.15) is 0 Å². The van der Waals surface area contributed by atoms with Crippen LogP contribution in [0.4, 0.5) is 0 Å². The van der Waals surface area contributed by atoms with E-state index in [0.29, 0.717) is 12.6 Å². The molecule has 1 amide bonds. The maximum Gasteiger partial charge on any atom is 0.217 e. The number of hydrogen-bond donors (Lipinski definition) is 1. The number of carbonyl (C=O) groups is 1. The van der Waals surface area contributed by atoms with Crippen LogP contribution in [0.3, 0.4) is 0 Å². The summed E-state index contributed by atoms with van der Waals surface area (Å²) in [7, 11) is 4.15. The molecule has 22 heavy (non-hydrogen) atoms. The van der Waals surface area contributed by atoms with E-state index < -0.39 is 0 Å². The second kappa shape index (κ2) is 7.18. The molecule has 1 aromatic carbocycles. The molecule has 1 unspecified atom stereocenters. The van der Waals surface area contributed by atoms with Crippen molar-refractivity contribution in [2.75, 3.05) is 14.1 Å². The van der Waals surface area contributed by atoms with Crippen LogP contribution in [-0.2, 0) is 11.3 Å². The average Bonchev–Trinajstić information content (AvgIpc) is 2.53. The lowest BCUT2D eigenvalue weighted by atomic mass is 10.0. The summed E-state index contributed by atoms with van der Waals surface area (Å²) in [4.78, 5) is 17.6. The van der Waals surface area contributed by atoms with Crippen molar-refractivity contribution in [1.29, 1.82) is 0 Å². The molecule has 1 N–H and O–H groups in total. The van der Waals surface area contributed by atoms with E-state index in [0.717, 1.165) is 16.8 Å². The van der Waals surface area contributed by atoms with Crippen molar-refractivity contribution in [2.45, 2.75) is 26.4 Å². The van der Waals surface area contributed by atoms with E-state index in [2.05, 4.69) is 60.5 Å². The minimum absolute atomic E-state index is 0.0327. The highest BCUT2D eigenvalue weighted by Gasteiger charge is 2.08. The van der Waals surface area contributed by atoms with Gasteiger partial charge in [0.2, 0.25) is 5.91 Å². The molecule has 0 spiro atoms. The number of carbonyl (C=O) groups excluding carboxylic acids is 1. The molecule has 0 radical (unpaired) electrons. The van der Waals surface area contributed by atoms with E-state index in [1.807, 2.05) is 18.3 Å². The van der Waals surface area contributed by atoms with Crippen molar-refractivity contribution in [3.05, 3.63) is 53.7 Å². The Morgan fingerprint density at radius 1 is 1.18 bits per heavy atom. The third kappa shape index (κ3) is 4.15. The first-order chi connectivity index (χ1) is 10.5. The molecule has 1 heterocycles. The smallest absolute Gasteiger partial charge is 0.217 e. The molecule has 116 valence electrons. The zero-order valence-corrected chi connectivity index (χ0v) is 13.6. The molecule has 2 rings (SSSR count). The molecule has 0 aliphatic rings. The van der Waals surface area contributed by atoms with Crippen molar-refractivity contribution >= 4 is 5.91 Å². The Kier molecular flexibility index (Phi) is 5.28. The first-order valence-corrected chi connectivity index (χ1v) is 7.43. The van der Waals surface area contributed by atoms with Crippen LogP contribution in [0.1, 0.15) is 31.0 Å². The molecule has 4 heteroatoms. The third-order valence-electron chi connectivity index (χ3n) is 3.83. The number of pyridine rings is 1. The number of amides is 1. The number of rotatable bonds is 5. The van der Waals surface area contributed by atoms with E-state index in [1.54, 1.807) is 0 Å². The largest absolute Gasteiger partial charge is 0.352 e. The predicted octanol–water partition coefficient (Wildman–Crippen LogP) is 3.01. The van der Waals surface area contributed by atoms with Crippen LogP contribution in [-0.4, -0.2) is 29.9 Å². The molecule has 0 aliphatic heterocycles. The second-order valence-electron chi connectivity index (χ2n) is 5.72. The molecule has 2 aromatic rings. The van der Waals surface area contributed by atoms with Gasteiger partial charge in [-0.3, -0.25) is 9.78 Å². The Morgan fingerprint density at radius 3 is 2.36 bits per heavy atom. The lowest BCUT2D eigenvalue weighted by molar-refractivity contribution is -0.119. The third-order valence-corrected chi connectivity index (χ3v) is 3.83. The summed E-state index contributed by atoms with van der Waals surface area (Å²) < 4.78 is 0. The van der Waals surface area contributed by atoms with Gasteiger partial charge in [0.25, 0.3) is 0 Å². The first-order valence-electron chi connectivity index (χ1n) is 7.43. The minimum atomic E-state index is -0.0327. The summed E-state index contributed by atoms with van der Waals surface area (Å²) in [6.45, 7) is 4.21. The van der Waals surface area contributed by atoms with E-state index in [-0.39, 0.29) is 5.91 Å². The van der Waals surface area contributed by atoms with E-state index >= 15 is 0 Å². The van der Waals surface area contributed by atoms with Gasteiger partial charge in [0.15, 0.2) is 0 Å². The highest BCUT2D eigenvalue weighted by molar-refractivity contribution is 5.72. The first kappa shape index (κ1) is 16.2. The van der Waals surface area contributed by atoms with Gasteiger partial charge < -0.3 is 10.2 Å². The maximum atomic E-state index is 10.9. The zero-order valence-electron chi connectivity index (χ0n) is 13.6. The molecule has 0 saturated carbocycles. The van der Waals surface area contributed by atoms with Crippen molar-refractivity contribution in [1.82, 2.24) is 15.2 Å². The summed E-state index contributed by atoms with van der Waals surface area (Å²) in [5, 5.41) is 2.77. The fraction of sp³-hybridized carbons (Fsp3) is 0.333. The van der Waals surface area contributed by atoms with E-state index in [9.17, 15) is 4.79 Å². The van der Waals surface area contributed by atoms with Crippen molar-refractivity contribution in [2.24, 2.45) is 0 Å². The summed E-state index contributed by atoms with van der Waals surface area (Å²) in [5.41, 5.74) is 4.32. The van der Waals surface area contributed by atoms with Crippen LogP contribution in [0.15, 0.2) is 42.6 Å². The Balaban J connectivity index is 2.10. The van der Waals surface area contributed by atoms with E-state index in [1.165, 1.54) is 12.5 Å². The van der Waals surface area contributed by atoms with Gasteiger partial charge in [0, 0.05) is 31.3 Å². The zero-order chi connectivity index (χ0) is 16.1. The monoisotopic (exact) mass is 297 g/mol. The molecule has 4 nitrogen and oxygen atoms in total.